The van der Waals surface area contributed by atoms with Gasteiger partial charge < -0.3 is 20.4 Å². The van der Waals surface area contributed by atoms with Crippen molar-refractivity contribution in [3.05, 3.63) is 0 Å². The Morgan fingerprint density at radius 2 is 1.87 bits per heavy atom. The number of aliphatic hydroxyl groups excluding tert-OH is 1. The molecule has 6 heteroatoms. The lowest BCUT2D eigenvalue weighted by molar-refractivity contribution is -0.146. The van der Waals surface area contributed by atoms with Crippen molar-refractivity contribution in [2.75, 3.05) is 19.6 Å². The van der Waals surface area contributed by atoms with Crippen LogP contribution in [-0.2, 0) is 4.79 Å². The first-order valence-electron chi connectivity index (χ1n) is 4.96. The van der Waals surface area contributed by atoms with Gasteiger partial charge >= 0.3 is 12.0 Å². The Bertz CT molecular complexity index is 216. The van der Waals surface area contributed by atoms with Gasteiger partial charge in [-0.1, -0.05) is 0 Å². The molecule has 0 saturated heterocycles. The lowest BCUT2D eigenvalue weighted by atomic mass is 10.2. The monoisotopic (exact) mass is 218 g/mol. The second-order valence-electron chi connectivity index (χ2n) is 3.05. The van der Waals surface area contributed by atoms with Crippen molar-refractivity contribution >= 4 is 12.0 Å². The Hall–Kier alpha value is -1.30. The molecule has 0 saturated carbocycles. The molecule has 6 nitrogen and oxygen atoms in total. The molecule has 15 heavy (non-hydrogen) atoms. The first-order chi connectivity index (χ1) is 7.02. The van der Waals surface area contributed by atoms with Crippen LogP contribution in [-0.4, -0.2) is 52.9 Å². The van der Waals surface area contributed by atoms with Gasteiger partial charge in [0.05, 0.1) is 0 Å². The number of carboxylic acids is 1. The van der Waals surface area contributed by atoms with Crippen LogP contribution in [0.25, 0.3) is 0 Å². The van der Waals surface area contributed by atoms with Gasteiger partial charge in [-0.25, -0.2) is 9.59 Å². The molecule has 0 rings (SSSR count). The number of amides is 2. The van der Waals surface area contributed by atoms with Crippen molar-refractivity contribution in [2.45, 2.75) is 26.4 Å². The van der Waals surface area contributed by atoms with Gasteiger partial charge in [-0.15, -0.1) is 0 Å². The van der Waals surface area contributed by atoms with E-state index < -0.39 is 12.1 Å². The van der Waals surface area contributed by atoms with Crippen molar-refractivity contribution in [1.82, 2.24) is 10.2 Å². The summed E-state index contributed by atoms with van der Waals surface area (Å²) >= 11 is 0. The summed E-state index contributed by atoms with van der Waals surface area (Å²) in [6.45, 7) is 5.07. The minimum Gasteiger partial charge on any atom is -0.479 e. The summed E-state index contributed by atoms with van der Waals surface area (Å²) in [5, 5.41) is 19.8. The number of nitrogens with one attached hydrogen (secondary N) is 1. The quantitative estimate of drug-likeness (QED) is 0.579. The largest absolute Gasteiger partial charge is 0.479 e. The fraction of sp³-hybridized carbons (Fsp3) is 0.778. The molecule has 0 bridgehead atoms. The maximum atomic E-state index is 11.3. The average molecular weight is 218 g/mol. The summed E-state index contributed by atoms with van der Waals surface area (Å²) in [6.07, 6.45) is -1.40. The summed E-state index contributed by atoms with van der Waals surface area (Å²) in [4.78, 5) is 23.2. The van der Waals surface area contributed by atoms with Crippen molar-refractivity contribution in [2.24, 2.45) is 0 Å². The van der Waals surface area contributed by atoms with E-state index in [9.17, 15) is 9.59 Å². The fourth-order valence-electron chi connectivity index (χ4n) is 1.06. The van der Waals surface area contributed by atoms with Gasteiger partial charge in [-0.2, -0.15) is 0 Å². The lowest BCUT2D eigenvalue weighted by Gasteiger charge is -2.19. The number of aliphatic carboxylic acids is 1. The Morgan fingerprint density at radius 1 is 1.33 bits per heavy atom. The third kappa shape index (κ3) is 5.21. The molecule has 88 valence electrons. The van der Waals surface area contributed by atoms with E-state index in [1.54, 1.807) is 4.90 Å². The molecule has 0 heterocycles. The third-order valence-corrected chi connectivity index (χ3v) is 2.03. The number of urea groups is 1. The van der Waals surface area contributed by atoms with E-state index in [0.717, 1.165) is 0 Å². The molecule has 2 amide bonds. The number of carbonyl (C=O) groups is 2. The molecule has 0 aliphatic rings. The average Bonchev–Trinajstić information content (AvgIpc) is 2.19. The van der Waals surface area contributed by atoms with E-state index in [1.807, 2.05) is 13.8 Å². The molecule has 1 atom stereocenters. The fourth-order valence-corrected chi connectivity index (χ4v) is 1.06. The number of carboxylic acid groups (broad SMARTS) is 1. The molecule has 0 spiro atoms. The van der Waals surface area contributed by atoms with E-state index in [-0.39, 0.29) is 19.0 Å². The van der Waals surface area contributed by atoms with Gasteiger partial charge in [0, 0.05) is 26.1 Å². The molecule has 0 aromatic carbocycles. The van der Waals surface area contributed by atoms with Crippen LogP contribution >= 0.6 is 0 Å². The molecule has 0 aromatic heterocycles. The van der Waals surface area contributed by atoms with E-state index in [2.05, 4.69) is 5.32 Å². The number of rotatable bonds is 6. The molecular weight excluding hydrogens is 200 g/mol. The van der Waals surface area contributed by atoms with Crippen LogP contribution in [0.1, 0.15) is 20.3 Å². The summed E-state index contributed by atoms with van der Waals surface area (Å²) < 4.78 is 0. The smallest absolute Gasteiger partial charge is 0.332 e. The normalized spacial score (nSPS) is 11.9. The predicted octanol–water partition coefficient (Wildman–Crippen LogP) is -0.127. The molecule has 0 aromatic rings. The van der Waals surface area contributed by atoms with Gasteiger partial charge in [0.25, 0.3) is 0 Å². The minimum absolute atomic E-state index is 0.0162. The van der Waals surface area contributed by atoms with Gasteiger partial charge in [-0.05, 0) is 13.8 Å². The third-order valence-electron chi connectivity index (χ3n) is 2.03. The Balaban J connectivity index is 3.76. The maximum Gasteiger partial charge on any atom is 0.332 e. The maximum absolute atomic E-state index is 11.3. The standard InChI is InChI=1S/C9H18N2O4/c1-3-11(4-2)9(15)10-6-5-7(12)8(13)14/h7,12H,3-6H2,1-2H3,(H,10,15)(H,13,14)/t7-/m0/s1. The van der Waals surface area contributed by atoms with Crippen LogP contribution in [0.3, 0.4) is 0 Å². The lowest BCUT2D eigenvalue weighted by Crippen LogP contribution is -2.41. The van der Waals surface area contributed by atoms with E-state index in [1.165, 1.54) is 0 Å². The topological polar surface area (TPSA) is 89.9 Å². The Kier molecular flexibility index (Phi) is 6.44. The van der Waals surface area contributed by atoms with Crippen LogP contribution in [0, 0.1) is 0 Å². The summed E-state index contributed by atoms with van der Waals surface area (Å²) in [5.41, 5.74) is 0. The van der Waals surface area contributed by atoms with Crippen molar-refractivity contribution < 1.29 is 19.8 Å². The van der Waals surface area contributed by atoms with Crippen molar-refractivity contribution in [3.63, 3.8) is 0 Å². The number of nitrogens with zero attached hydrogens (tertiary/aromatic N) is 1. The minimum atomic E-state index is -1.41. The van der Waals surface area contributed by atoms with Crippen LogP contribution in [0.4, 0.5) is 4.79 Å². The van der Waals surface area contributed by atoms with E-state index in [0.29, 0.717) is 13.1 Å². The Labute approximate surface area is 88.9 Å². The highest BCUT2D eigenvalue weighted by molar-refractivity contribution is 5.74. The zero-order valence-corrected chi connectivity index (χ0v) is 9.06. The van der Waals surface area contributed by atoms with Gasteiger partial charge in [0.15, 0.2) is 6.10 Å². The molecule has 3 N–H and O–H groups in total. The molecule has 0 radical (unpaired) electrons. The zero-order chi connectivity index (χ0) is 11.8. The number of aliphatic hydroxyl groups is 1. The summed E-state index contributed by atoms with van der Waals surface area (Å²) in [5.74, 6) is -1.27. The van der Waals surface area contributed by atoms with Gasteiger partial charge in [0.2, 0.25) is 0 Å². The van der Waals surface area contributed by atoms with Crippen LogP contribution < -0.4 is 5.32 Å². The van der Waals surface area contributed by atoms with E-state index in [4.69, 9.17) is 10.2 Å². The molecule has 0 aliphatic heterocycles. The van der Waals surface area contributed by atoms with Crippen molar-refractivity contribution in [1.29, 1.82) is 0 Å². The number of hydrogen-bond donors (Lipinski definition) is 3. The highest BCUT2D eigenvalue weighted by Gasteiger charge is 2.14. The first-order valence-corrected chi connectivity index (χ1v) is 4.96. The highest BCUT2D eigenvalue weighted by atomic mass is 16.4. The second-order valence-corrected chi connectivity index (χ2v) is 3.05. The van der Waals surface area contributed by atoms with Crippen molar-refractivity contribution in [3.8, 4) is 0 Å². The first kappa shape index (κ1) is 13.7. The van der Waals surface area contributed by atoms with E-state index >= 15 is 0 Å². The molecule has 0 unspecified atom stereocenters. The summed E-state index contributed by atoms with van der Waals surface area (Å²) in [7, 11) is 0. The number of hydrogen-bond acceptors (Lipinski definition) is 3. The Morgan fingerprint density at radius 3 is 2.27 bits per heavy atom. The molecule has 0 fully saturated rings. The molecule has 0 aliphatic carbocycles. The van der Waals surface area contributed by atoms with Crippen LogP contribution in [0.2, 0.25) is 0 Å². The highest BCUT2D eigenvalue weighted by Crippen LogP contribution is 1.92. The predicted molar refractivity (Wildman–Crippen MR) is 54.6 cm³/mol. The zero-order valence-electron chi connectivity index (χ0n) is 9.06. The number of carbonyl (C=O) groups excluding carboxylic acids is 1. The van der Waals surface area contributed by atoms with Gasteiger partial charge in [-0.3, -0.25) is 0 Å². The molecular formula is C9H18N2O4. The SMILES string of the molecule is CCN(CC)C(=O)NCC[C@H](O)C(=O)O. The summed E-state index contributed by atoms with van der Waals surface area (Å²) in [6, 6.07) is -0.238. The second kappa shape index (κ2) is 7.05. The van der Waals surface area contributed by atoms with Crippen LogP contribution in [0.5, 0.6) is 0 Å². The van der Waals surface area contributed by atoms with Crippen LogP contribution in [0.15, 0.2) is 0 Å². The van der Waals surface area contributed by atoms with Gasteiger partial charge in [0.1, 0.15) is 0 Å².